The van der Waals surface area contributed by atoms with E-state index >= 15 is 0 Å². The van der Waals surface area contributed by atoms with Gasteiger partial charge in [0.1, 0.15) is 0 Å². The molecule has 1 aliphatic rings. The minimum atomic E-state index is -2.11. The van der Waals surface area contributed by atoms with E-state index in [1.54, 1.807) is 0 Å². The quantitative estimate of drug-likeness (QED) is 0.365. The van der Waals surface area contributed by atoms with Crippen molar-refractivity contribution in [2.24, 2.45) is 10.7 Å². The molecule has 0 spiro atoms. The van der Waals surface area contributed by atoms with Crippen molar-refractivity contribution in [3.05, 3.63) is 0 Å². The van der Waals surface area contributed by atoms with Crippen molar-refractivity contribution in [2.75, 3.05) is 0 Å². The van der Waals surface area contributed by atoms with E-state index in [1.807, 2.05) is 0 Å². The summed E-state index contributed by atoms with van der Waals surface area (Å²) in [4.78, 5) is 24.1. The van der Waals surface area contributed by atoms with Crippen molar-refractivity contribution in [3.8, 4) is 0 Å². The molecule has 0 radical (unpaired) electrons. The lowest BCUT2D eigenvalue weighted by Crippen LogP contribution is -2.53. The molecule has 0 aromatic carbocycles. The van der Waals surface area contributed by atoms with Crippen LogP contribution in [0.1, 0.15) is 0 Å². The third-order valence-corrected chi connectivity index (χ3v) is 1.14. The monoisotopic (exact) mass is 143 g/mol. The summed E-state index contributed by atoms with van der Waals surface area (Å²) >= 11 is 0. The SMILES string of the molecule is NC1(C(=O)O)N=CNC1=O. The van der Waals surface area contributed by atoms with E-state index in [-0.39, 0.29) is 0 Å². The fraction of sp³-hybridized carbons (Fsp3) is 0.250. The van der Waals surface area contributed by atoms with Gasteiger partial charge in [-0.15, -0.1) is 0 Å². The summed E-state index contributed by atoms with van der Waals surface area (Å²) in [5.41, 5.74) is 2.92. The minimum absolute atomic E-state index is 0.819. The molecule has 0 aromatic rings. The normalized spacial score (nSPS) is 30.3. The molecule has 0 saturated carbocycles. The van der Waals surface area contributed by atoms with Crippen LogP contribution in [0.4, 0.5) is 0 Å². The molecule has 4 N–H and O–H groups in total. The molecule has 0 aromatic heterocycles. The number of nitrogens with two attached hydrogens (primary N) is 1. The third kappa shape index (κ3) is 0.660. The van der Waals surface area contributed by atoms with Gasteiger partial charge in [0.05, 0.1) is 6.34 Å². The number of carbonyl (C=O) groups excluding carboxylic acids is 1. The average molecular weight is 143 g/mol. The number of aliphatic imine (C=N–C) groups is 1. The van der Waals surface area contributed by atoms with E-state index in [9.17, 15) is 9.59 Å². The van der Waals surface area contributed by atoms with E-state index in [1.165, 1.54) is 0 Å². The molecule has 1 aliphatic heterocycles. The summed E-state index contributed by atoms with van der Waals surface area (Å²) in [7, 11) is 0. The zero-order valence-corrected chi connectivity index (χ0v) is 4.87. The number of nitrogens with zero attached hydrogens (tertiary/aromatic N) is 1. The van der Waals surface area contributed by atoms with Crippen LogP contribution in [0.3, 0.4) is 0 Å². The van der Waals surface area contributed by atoms with E-state index in [0.29, 0.717) is 0 Å². The first kappa shape index (κ1) is 6.69. The number of hydrogen-bond acceptors (Lipinski definition) is 4. The van der Waals surface area contributed by atoms with Gasteiger partial charge >= 0.3 is 5.97 Å². The molecular formula is C4H5N3O3. The predicted octanol–water partition coefficient (Wildman–Crippen LogP) is -2.12. The zero-order chi connectivity index (χ0) is 7.78. The largest absolute Gasteiger partial charge is 0.478 e. The Balaban J connectivity index is 2.96. The van der Waals surface area contributed by atoms with Gasteiger partial charge in [-0.1, -0.05) is 0 Å². The van der Waals surface area contributed by atoms with Crippen LogP contribution in [-0.2, 0) is 9.59 Å². The molecule has 0 aliphatic carbocycles. The summed E-state index contributed by atoms with van der Waals surface area (Å²) in [6.07, 6.45) is 0.969. The molecule has 10 heavy (non-hydrogen) atoms. The van der Waals surface area contributed by atoms with Gasteiger partial charge in [-0.3, -0.25) is 10.5 Å². The van der Waals surface area contributed by atoms with Gasteiger partial charge in [0.25, 0.3) is 11.6 Å². The number of carboxylic acid groups (broad SMARTS) is 1. The van der Waals surface area contributed by atoms with Crippen LogP contribution in [0, 0.1) is 0 Å². The second-order valence-corrected chi connectivity index (χ2v) is 1.80. The van der Waals surface area contributed by atoms with Crippen LogP contribution in [0.15, 0.2) is 4.99 Å². The van der Waals surface area contributed by atoms with Crippen LogP contribution >= 0.6 is 0 Å². The molecule has 54 valence electrons. The van der Waals surface area contributed by atoms with Crippen molar-refractivity contribution in [1.29, 1.82) is 0 Å². The van der Waals surface area contributed by atoms with Crippen molar-refractivity contribution in [3.63, 3.8) is 0 Å². The highest BCUT2D eigenvalue weighted by Gasteiger charge is 2.44. The lowest BCUT2D eigenvalue weighted by molar-refractivity contribution is -0.147. The minimum Gasteiger partial charge on any atom is -0.478 e. The second kappa shape index (κ2) is 1.77. The van der Waals surface area contributed by atoms with Crippen molar-refractivity contribution in [1.82, 2.24) is 5.32 Å². The van der Waals surface area contributed by atoms with Gasteiger partial charge < -0.3 is 10.4 Å². The van der Waals surface area contributed by atoms with Crippen molar-refractivity contribution < 1.29 is 14.7 Å². The lowest BCUT2D eigenvalue weighted by Gasteiger charge is -2.09. The highest BCUT2D eigenvalue weighted by Crippen LogP contribution is 2.05. The molecule has 1 unspecified atom stereocenters. The van der Waals surface area contributed by atoms with Crippen molar-refractivity contribution in [2.45, 2.75) is 5.66 Å². The van der Waals surface area contributed by atoms with E-state index < -0.39 is 17.5 Å². The van der Waals surface area contributed by atoms with Gasteiger partial charge in [-0.05, 0) is 0 Å². The summed E-state index contributed by atoms with van der Waals surface area (Å²) < 4.78 is 0. The standard InChI is InChI=1S/C4H5N3O3/c5-4(3(9)10)2(8)6-1-7-4/h1H,5H2,(H,9,10)(H,6,7,8). The zero-order valence-electron chi connectivity index (χ0n) is 4.87. The Labute approximate surface area is 55.7 Å². The maximum atomic E-state index is 10.6. The first-order valence-electron chi connectivity index (χ1n) is 2.44. The highest BCUT2D eigenvalue weighted by molar-refractivity contribution is 6.13. The molecule has 6 nitrogen and oxygen atoms in total. The highest BCUT2D eigenvalue weighted by atomic mass is 16.4. The van der Waals surface area contributed by atoms with Crippen LogP contribution < -0.4 is 11.1 Å². The number of carboxylic acids is 1. The van der Waals surface area contributed by atoms with Crippen molar-refractivity contribution >= 4 is 18.2 Å². The molecule has 1 amide bonds. The third-order valence-electron chi connectivity index (χ3n) is 1.14. The molecule has 6 heteroatoms. The lowest BCUT2D eigenvalue weighted by atomic mass is 10.2. The number of hydrogen-bond donors (Lipinski definition) is 3. The van der Waals surface area contributed by atoms with Crippen LogP contribution in [0.25, 0.3) is 0 Å². The Kier molecular flexibility index (Phi) is 1.19. The molecule has 1 heterocycles. The molecular weight excluding hydrogens is 138 g/mol. The summed E-state index contributed by atoms with van der Waals surface area (Å²) in [5.74, 6) is -2.28. The second-order valence-electron chi connectivity index (χ2n) is 1.80. The molecule has 0 fully saturated rings. The fourth-order valence-corrected chi connectivity index (χ4v) is 0.514. The Morgan fingerprint density at radius 3 is 2.70 bits per heavy atom. The van der Waals surface area contributed by atoms with E-state index in [2.05, 4.69) is 10.3 Å². The van der Waals surface area contributed by atoms with Gasteiger partial charge in [0, 0.05) is 0 Å². The van der Waals surface area contributed by atoms with E-state index in [0.717, 1.165) is 6.34 Å². The summed E-state index contributed by atoms with van der Waals surface area (Å²) in [6, 6.07) is 0. The maximum Gasteiger partial charge on any atom is 0.356 e. The molecule has 0 bridgehead atoms. The van der Waals surface area contributed by atoms with Gasteiger partial charge in [-0.25, -0.2) is 9.79 Å². The number of amides is 1. The topological polar surface area (TPSA) is 105 Å². The molecule has 1 rings (SSSR count). The van der Waals surface area contributed by atoms with Gasteiger partial charge in [0.2, 0.25) is 0 Å². The van der Waals surface area contributed by atoms with Crippen LogP contribution in [0.5, 0.6) is 0 Å². The summed E-state index contributed by atoms with van der Waals surface area (Å²) in [6.45, 7) is 0. The molecule has 1 atom stereocenters. The predicted molar refractivity (Wildman–Crippen MR) is 31.2 cm³/mol. The number of carbonyl (C=O) groups is 2. The Hall–Kier alpha value is -1.43. The fourth-order valence-electron chi connectivity index (χ4n) is 0.514. The van der Waals surface area contributed by atoms with Gasteiger partial charge in [-0.2, -0.15) is 0 Å². The smallest absolute Gasteiger partial charge is 0.356 e. The molecule has 0 saturated heterocycles. The maximum absolute atomic E-state index is 10.6. The van der Waals surface area contributed by atoms with E-state index in [4.69, 9.17) is 10.8 Å². The van der Waals surface area contributed by atoms with Crippen LogP contribution in [0.2, 0.25) is 0 Å². The number of rotatable bonds is 1. The van der Waals surface area contributed by atoms with Crippen LogP contribution in [-0.4, -0.2) is 29.0 Å². The first-order chi connectivity index (χ1) is 4.57. The Morgan fingerprint density at radius 1 is 1.90 bits per heavy atom. The first-order valence-corrected chi connectivity index (χ1v) is 2.44. The van der Waals surface area contributed by atoms with Gasteiger partial charge in [0.15, 0.2) is 0 Å². The number of nitrogens with one attached hydrogen (secondary N) is 1. The Bertz CT molecular complexity index is 224. The number of aliphatic carboxylic acids is 1. The summed E-state index contributed by atoms with van der Waals surface area (Å²) in [5, 5.41) is 10.4. The average Bonchev–Trinajstić information content (AvgIpc) is 2.15. The Morgan fingerprint density at radius 2 is 2.50 bits per heavy atom.